The highest BCUT2D eigenvalue weighted by Crippen LogP contribution is 2.37. The van der Waals surface area contributed by atoms with Gasteiger partial charge in [-0.15, -0.1) is 11.3 Å². The van der Waals surface area contributed by atoms with Crippen LogP contribution in [0.1, 0.15) is 66.9 Å². The summed E-state index contributed by atoms with van der Waals surface area (Å²) in [6, 6.07) is 1.20. The summed E-state index contributed by atoms with van der Waals surface area (Å²) in [5, 5.41) is 3.28. The lowest BCUT2D eigenvalue weighted by Crippen LogP contribution is -2.35. The van der Waals surface area contributed by atoms with Gasteiger partial charge in [-0.2, -0.15) is 0 Å². The lowest BCUT2D eigenvalue weighted by molar-refractivity contribution is 0.0117. The van der Waals surface area contributed by atoms with Crippen molar-refractivity contribution < 1.29 is 23.1 Å². The summed E-state index contributed by atoms with van der Waals surface area (Å²) >= 11 is 1.00. The van der Waals surface area contributed by atoms with E-state index in [4.69, 9.17) is 4.74 Å². The van der Waals surface area contributed by atoms with Crippen LogP contribution in [0.2, 0.25) is 0 Å². The van der Waals surface area contributed by atoms with Crippen molar-refractivity contribution in [3.63, 3.8) is 0 Å². The number of nitrogens with zero attached hydrogens (tertiary/aromatic N) is 3. The minimum atomic E-state index is -2.95. The summed E-state index contributed by atoms with van der Waals surface area (Å²) in [6.07, 6.45) is 1.20. The first-order chi connectivity index (χ1) is 14.8. The number of carbonyl (C=O) groups excluding carboxylic acids is 2. The summed E-state index contributed by atoms with van der Waals surface area (Å²) in [5.41, 5.74) is 1.18. The number of anilines is 1. The monoisotopic (exact) mass is 466 g/mol. The summed E-state index contributed by atoms with van der Waals surface area (Å²) in [4.78, 5) is 35.7. The molecule has 7 nitrogen and oxygen atoms in total. The van der Waals surface area contributed by atoms with Crippen LogP contribution in [0, 0.1) is 6.92 Å². The van der Waals surface area contributed by atoms with E-state index in [1.807, 2.05) is 33.8 Å². The maximum absolute atomic E-state index is 13.9. The molecule has 0 radical (unpaired) electrons. The van der Waals surface area contributed by atoms with Crippen LogP contribution in [-0.2, 0) is 4.74 Å². The molecule has 1 saturated heterocycles. The minimum Gasteiger partial charge on any atom is -0.461 e. The van der Waals surface area contributed by atoms with Gasteiger partial charge in [-0.05, 0) is 53.2 Å². The molecule has 0 saturated carbocycles. The van der Waals surface area contributed by atoms with Gasteiger partial charge in [0.1, 0.15) is 11.5 Å². The first-order valence-electron chi connectivity index (χ1n) is 10.4. The van der Waals surface area contributed by atoms with Gasteiger partial charge in [-0.1, -0.05) is 0 Å². The Morgan fingerprint density at radius 2 is 2.06 bits per heavy atom. The lowest BCUT2D eigenvalue weighted by atomic mass is 10.1. The second-order valence-corrected chi connectivity index (χ2v) is 10.0. The van der Waals surface area contributed by atoms with E-state index in [9.17, 15) is 18.4 Å². The number of aryl methyl sites for hydroxylation is 1. The van der Waals surface area contributed by atoms with Gasteiger partial charge in [0.25, 0.3) is 11.8 Å². The Bertz CT molecular complexity index is 1030. The molecule has 1 aliphatic rings. The molecular weight excluding hydrogens is 438 g/mol. The number of aromatic nitrogens is 2. The van der Waals surface area contributed by atoms with E-state index in [1.165, 1.54) is 0 Å². The Morgan fingerprint density at radius 3 is 2.59 bits per heavy atom. The number of alkyl halides is 2. The van der Waals surface area contributed by atoms with Gasteiger partial charge in [0.15, 0.2) is 0 Å². The average Bonchev–Trinajstić information content (AvgIpc) is 3.20. The SMILES string of the molecule is CCOC(=O)c1nc(C(=O)N2CC(F)(F)C[C@@H]2C)c(-c2cnc(NC(C)(C)C)cc2C)s1. The quantitative estimate of drug-likeness (QED) is 0.639. The van der Waals surface area contributed by atoms with Gasteiger partial charge in [-0.25, -0.2) is 23.5 Å². The molecule has 1 N–H and O–H groups in total. The number of esters is 1. The van der Waals surface area contributed by atoms with Gasteiger partial charge in [0.2, 0.25) is 5.01 Å². The summed E-state index contributed by atoms with van der Waals surface area (Å²) in [6.45, 7) is 10.6. The van der Waals surface area contributed by atoms with E-state index >= 15 is 0 Å². The molecule has 0 aliphatic carbocycles. The van der Waals surface area contributed by atoms with Crippen molar-refractivity contribution in [2.45, 2.75) is 65.5 Å². The number of halogens is 2. The summed E-state index contributed by atoms with van der Waals surface area (Å²) in [7, 11) is 0. The molecule has 10 heteroatoms. The molecule has 1 amide bonds. The van der Waals surface area contributed by atoms with Crippen LogP contribution in [0.25, 0.3) is 10.4 Å². The lowest BCUT2D eigenvalue weighted by Gasteiger charge is -2.22. The third-order valence-corrected chi connectivity index (χ3v) is 6.00. The second kappa shape index (κ2) is 8.73. The van der Waals surface area contributed by atoms with Gasteiger partial charge < -0.3 is 15.0 Å². The standard InChI is InChI=1S/C22H28F2N4O3S/c1-7-31-20(30)18-26-16(19(29)28-11-22(23,24)9-13(28)3)17(32-18)14-10-25-15(8-12(14)2)27-21(4,5)6/h8,10,13H,7,9,11H2,1-6H3,(H,25,27)/t13-/m0/s1. The van der Waals surface area contributed by atoms with Gasteiger partial charge in [-0.3, -0.25) is 4.79 Å². The Morgan fingerprint density at radius 1 is 1.38 bits per heavy atom. The highest BCUT2D eigenvalue weighted by atomic mass is 32.1. The predicted octanol–water partition coefficient (Wildman–Crippen LogP) is 4.77. The maximum Gasteiger partial charge on any atom is 0.367 e. The number of hydrogen-bond donors (Lipinski definition) is 1. The zero-order valence-corrected chi connectivity index (χ0v) is 19.9. The first-order valence-corrected chi connectivity index (χ1v) is 11.2. The third-order valence-electron chi connectivity index (χ3n) is 4.93. The zero-order chi connectivity index (χ0) is 23.8. The molecule has 0 unspecified atom stereocenters. The van der Waals surface area contributed by atoms with E-state index in [2.05, 4.69) is 15.3 Å². The van der Waals surface area contributed by atoms with Crippen LogP contribution in [0.5, 0.6) is 0 Å². The minimum absolute atomic E-state index is 0.0000956. The van der Waals surface area contributed by atoms with Crippen LogP contribution in [0.3, 0.4) is 0 Å². The van der Waals surface area contributed by atoms with Crippen LogP contribution in [0.4, 0.5) is 14.6 Å². The number of carbonyl (C=O) groups is 2. The Balaban J connectivity index is 2.05. The molecule has 1 atom stereocenters. The fourth-order valence-corrected chi connectivity index (χ4v) is 4.62. The molecule has 3 rings (SSSR count). The fourth-order valence-electron chi connectivity index (χ4n) is 3.59. The molecule has 1 aliphatic heterocycles. The fraction of sp³-hybridized carbons (Fsp3) is 0.545. The molecule has 2 aromatic rings. The van der Waals surface area contributed by atoms with Gasteiger partial charge >= 0.3 is 5.97 Å². The first kappa shape index (κ1) is 24.0. The van der Waals surface area contributed by atoms with Crippen LogP contribution in [0.15, 0.2) is 12.3 Å². The molecule has 1 fully saturated rings. The van der Waals surface area contributed by atoms with E-state index < -0.39 is 36.8 Å². The van der Waals surface area contributed by atoms with E-state index in [0.29, 0.717) is 16.3 Å². The predicted molar refractivity (Wildman–Crippen MR) is 119 cm³/mol. The number of nitrogens with one attached hydrogen (secondary N) is 1. The van der Waals surface area contributed by atoms with E-state index in [-0.39, 0.29) is 22.8 Å². The molecule has 0 spiro atoms. The second-order valence-electron chi connectivity index (χ2n) is 9.02. The number of thiazole rings is 1. The van der Waals surface area contributed by atoms with Crippen molar-refractivity contribution in [3.8, 4) is 10.4 Å². The Kier molecular flexibility index (Phi) is 6.55. The average molecular weight is 467 g/mol. The highest BCUT2D eigenvalue weighted by molar-refractivity contribution is 7.17. The maximum atomic E-state index is 13.9. The van der Waals surface area contributed by atoms with Crippen molar-refractivity contribution >= 4 is 29.0 Å². The third kappa shape index (κ3) is 5.23. The smallest absolute Gasteiger partial charge is 0.367 e. The van der Waals surface area contributed by atoms with Gasteiger partial charge in [0.05, 0.1) is 18.0 Å². The van der Waals surface area contributed by atoms with Crippen molar-refractivity contribution in [3.05, 3.63) is 28.5 Å². The zero-order valence-electron chi connectivity index (χ0n) is 19.1. The molecule has 174 valence electrons. The van der Waals surface area contributed by atoms with Crippen molar-refractivity contribution in [2.75, 3.05) is 18.5 Å². The van der Waals surface area contributed by atoms with Crippen molar-refractivity contribution in [1.82, 2.24) is 14.9 Å². The molecule has 2 aromatic heterocycles. The summed E-state index contributed by atoms with van der Waals surface area (Å²) < 4.78 is 32.9. The van der Waals surface area contributed by atoms with Crippen molar-refractivity contribution in [1.29, 1.82) is 0 Å². The van der Waals surface area contributed by atoms with E-state index in [1.54, 1.807) is 20.0 Å². The Labute approximate surface area is 190 Å². The number of ether oxygens (including phenoxy) is 1. The number of rotatable bonds is 5. The van der Waals surface area contributed by atoms with Crippen LogP contribution >= 0.6 is 11.3 Å². The molecule has 3 heterocycles. The van der Waals surface area contributed by atoms with Crippen molar-refractivity contribution in [2.24, 2.45) is 0 Å². The number of likely N-dealkylation sites (tertiary alicyclic amines) is 1. The van der Waals surface area contributed by atoms with E-state index in [0.717, 1.165) is 21.8 Å². The normalized spacial score (nSPS) is 18.0. The summed E-state index contributed by atoms with van der Waals surface area (Å²) in [5.74, 6) is -3.58. The Hall–Kier alpha value is -2.62. The van der Waals surface area contributed by atoms with Crippen LogP contribution < -0.4 is 5.32 Å². The molecule has 32 heavy (non-hydrogen) atoms. The number of hydrogen-bond acceptors (Lipinski definition) is 7. The molecule has 0 aromatic carbocycles. The molecule has 0 bridgehead atoms. The highest BCUT2D eigenvalue weighted by Gasteiger charge is 2.46. The number of amides is 1. The van der Waals surface area contributed by atoms with Gasteiger partial charge in [0, 0.05) is 29.8 Å². The topological polar surface area (TPSA) is 84.4 Å². The largest absolute Gasteiger partial charge is 0.461 e. The number of pyridine rings is 1. The van der Waals surface area contributed by atoms with Crippen LogP contribution in [-0.4, -0.2) is 57.4 Å². The molecular formula is C22H28F2N4O3S.